The van der Waals surface area contributed by atoms with E-state index in [4.69, 9.17) is 48.4 Å². The average molecular weight is 991 g/mol. The van der Waals surface area contributed by atoms with Crippen LogP contribution in [0.25, 0.3) is 10.1 Å². The van der Waals surface area contributed by atoms with Crippen molar-refractivity contribution in [3.05, 3.63) is 45.8 Å². The number of rotatable bonds is 33. The third-order valence-electron chi connectivity index (χ3n) is 10.4. The molecular formula is C45H62ClF2N3O15S. The highest BCUT2D eigenvalue weighted by atomic mass is 35.5. The van der Waals surface area contributed by atoms with Crippen LogP contribution >= 0.6 is 23.7 Å². The van der Waals surface area contributed by atoms with Gasteiger partial charge in [-0.25, -0.2) is 8.78 Å². The van der Waals surface area contributed by atoms with Crippen LogP contribution in [0, 0.1) is 23.5 Å². The van der Waals surface area contributed by atoms with Crippen LogP contribution in [0.15, 0.2) is 18.2 Å². The lowest BCUT2D eigenvalue weighted by molar-refractivity contribution is -0.148. The molecule has 0 aliphatic carbocycles. The zero-order valence-corrected chi connectivity index (χ0v) is 39.9. The highest BCUT2D eigenvalue weighted by Gasteiger charge is 2.34. The Hall–Kier alpha value is -4.90. The Morgan fingerprint density at radius 1 is 0.806 bits per heavy atom. The number of hydrogen-bond donors (Lipinski definition) is 3. The van der Waals surface area contributed by atoms with Crippen molar-refractivity contribution in [1.82, 2.24) is 10.2 Å². The second-order valence-corrected chi connectivity index (χ2v) is 16.1. The predicted octanol–water partition coefficient (Wildman–Crippen LogP) is 5.09. The Morgan fingerprint density at radius 3 is 2.00 bits per heavy atom. The molecule has 2 atom stereocenters. The normalized spacial score (nSPS) is 12.8. The first-order valence-corrected chi connectivity index (χ1v) is 22.6. The first kappa shape index (κ1) is 56.4. The second kappa shape index (κ2) is 29.8. The van der Waals surface area contributed by atoms with Crippen LogP contribution in [0.3, 0.4) is 0 Å². The molecule has 2 aromatic carbocycles. The van der Waals surface area contributed by atoms with Gasteiger partial charge >= 0.3 is 11.9 Å². The number of carboxylic acid groups (broad SMARTS) is 1. The molecule has 0 saturated carbocycles. The summed E-state index contributed by atoms with van der Waals surface area (Å²) < 4.78 is 80.8. The third kappa shape index (κ3) is 17.3. The predicted molar refractivity (Wildman–Crippen MR) is 243 cm³/mol. The standard InChI is InChI=1S/C45H61F2N3O15S.ClH/c1-5-63-40(54)8-7-33(51)37-22-31-36(66-37)24-35(58-4)44(41(31)46)65-12-6-11-64-43-34(57-3)21-29-26-50(27-32(29)42(43)47)39(53)23-30(45(55)56)28(2)25-49-38(52)9-13-59-15-17-61-19-20-62-18-16-60-14-10-48;/h21-22,24,28,30H,5-20,23,25-27,48H2,1-4H3,(H,49,52)(H,55,56);1H/t28?,30-;/m0./s1. The average Bonchev–Trinajstić information content (AvgIpc) is 3.94. The summed E-state index contributed by atoms with van der Waals surface area (Å²) in [5.74, 6) is -6.28. The third-order valence-corrected chi connectivity index (χ3v) is 11.5. The number of halogens is 3. The van der Waals surface area contributed by atoms with Crippen molar-refractivity contribution in [2.75, 3.05) is 100.0 Å². The van der Waals surface area contributed by atoms with Gasteiger partial charge in [0.1, 0.15) is 0 Å². The minimum Gasteiger partial charge on any atom is -0.493 e. The molecule has 4 rings (SSSR count). The van der Waals surface area contributed by atoms with E-state index in [2.05, 4.69) is 5.32 Å². The van der Waals surface area contributed by atoms with Crippen LogP contribution < -0.4 is 30.0 Å². The van der Waals surface area contributed by atoms with Crippen LogP contribution in [0.1, 0.15) is 66.8 Å². The summed E-state index contributed by atoms with van der Waals surface area (Å²) >= 11 is 1.07. The van der Waals surface area contributed by atoms with Crippen LogP contribution in [0.5, 0.6) is 23.0 Å². The first-order valence-electron chi connectivity index (χ1n) is 21.7. The molecule has 1 aliphatic rings. The zero-order chi connectivity index (χ0) is 48.0. The summed E-state index contributed by atoms with van der Waals surface area (Å²) in [5.41, 5.74) is 6.01. The van der Waals surface area contributed by atoms with E-state index >= 15 is 8.78 Å². The number of amides is 2. The van der Waals surface area contributed by atoms with E-state index in [0.717, 1.165) is 11.3 Å². The molecule has 0 spiro atoms. The number of carbonyl (C=O) groups excluding carboxylic acids is 4. The smallest absolute Gasteiger partial charge is 0.307 e. The lowest BCUT2D eigenvalue weighted by Crippen LogP contribution is -2.37. The molecule has 1 aromatic heterocycles. The maximum Gasteiger partial charge on any atom is 0.307 e. The molecule has 4 N–H and O–H groups in total. The number of ether oxygens (including phenoxy) is 9. The molecule has 18 nitrogen and oxygen atoms in total. The molecule has 2 heterocycles. The van der Waals surface area contributed by atoms with Gasteiger partial charge in [-0.2, -0.15) is 0 Å². The summed E-state index contributed by atoms with van der Waals surface area (Å²) in [4.78, 5) is 64.2. The monoisotopic (exact) mass is 989 g/mol. The Balaban J connectivity index is 0.0000119. The summed E-state index contributed by atoms with van der Waals surface area (Å²) in [5, 5.41) is 12.9. The molecule has 0 fully saturated rings. The highest BCUT2D eigenvalue weighted by molar-refractivity contribution is 7.20. The minimum atomic E-state index is -1.21. The van der Waals surface area contributed by atoms with Crippen molar-refractivity contribution in [2.45, 2.75) is 59.0 Å². The van der Waals surface area contributed by atoms with Crippen LogP contribution in [-0.4, -0.2) is 140 Å². The van der Waals surface area contributed by atoms with E-state index in [1.807, 2.05) is 0 Å². The first-order chi connectivity index (χ1) is 31.8. The number of nitrogens with two attached hydrogens (primary N) is 1. The minimum absolute atomic E-state index is 0. The molecule has 3 aromatic rings. The van der Waals surface area contributed by atoms with Gasteiger partial charge in [0.15, 0.2) is 40.4 Å². The lowest BCUT2D eigenvalue weighted by atomic mass is 9.90. The van der Waals surface area contributed by atoms with Crippen molar-refractivity contribution in [3.63, 3.8) is 0 Å². The van der Waals surface area contributed by atoms with Gasteiger partial charge in [-0.05, 0) is 30.5 Å². The van der Waals surface area contributed by atoms with Gasteiger partial charge < -0.3 is 63.7 Å². The number of methoxy groups -OCH3 is 2. The number of benzene rings is 2. The number of ketones is 1. The number of nitrogens with zero attached hydrogens (tertiary/aromatic N) is 1. The van der Waals surface area contributed by atoms with Crippen LogP contribution in [0.2, 0.25) is 0 Å². The van der Waals surface area contributed by atoms with E-state index in [9.17, 15) is 29.1 Å². The summed E-state index contributed by atoms with van der Waals surface area (Å²) in [7, 11) is 2.69. The number of hydrogen-bond acceptors (Lipinski definition) is 16. The van der Waals surface area contributed by atoms with Crippen molar-refractivity contribution < 1.29 is 80.5 Å². The van der Waals surface area contributed by atoms with Crippen molar-refractivity contribution in [3.8, 4) is 23.0 Å². The van der Waals surface area contributed by atoms with E-state index in [1.165, 1.54) is 25.2 Å². The Kier molecular flexibility index (Phi) is 25.1. The summed E-state index contributed by atoms with van der Waals surface area (Å²) in [6.07, 6.45) is -0.327. The van der Waals surface area contributed by atoms with Crippen LogP contribution in [-0.2, 0) is 56.0 Å². The molecule has 2 amide bonds. The quantitative estimate of drug-likeness (QED) is 0.0410. The van der Waals surface area contributed by atoms with E-state index in [0.29, 0.717) is 56.4 Å². The number of fused-ring (bicyclic) bond motifs is 2. The summed E-state index contributed by atoms with van der Waals surface area (Å²) in [6.45, 7) is 6.64. The maximum absolute atomic E-state index is 16.0. The molecule has 0 saturated heterocycles. The molecule has 67 heavy (non-hydrogen) atoms. The van der Waals surface area contributed by atoms with Crippen molar-refractivity contribution >= 4 is 63.4 Å². The molecule has 1 unspecified atom stereocenters. The molecule has 0 radical (unpaired) electrons. The van der Waals surface area contributed by atoms with Gasteiger partial charge in [0.25, 0.3) is 0 Å². The zero-order valence-electron chi connectivity index (χ0n) is 38.3. The van der Waals surface area contributed by atoms with Crippen molar-refractivity contribution in [2.24, 2.45) is 17.6 Å². The number of carboxylic acids is 1. The Bertz CT molecular complexity index is 2090. The maximum atomic E-state index is 16.0. The van der Waals surface area contributed by atoms with Gasteiger partial charge in [0.05, 0.1) is 104 Å². The number of esters is 1. The number of nitrogens with one attached hydrogen (secondary N) is 1. The van der Waals surface area contributed by atoms with Gasteiger partial charge in [-0.15, -0.1) is 23.7 Å². The lowest BCUT2D eigenvalue weighted by Gasteiger charge is -2.23. The number of thiophene rings is 1. The number of Topliss-reactive ketones (excluding diaryl/α,β-unsaturated/α-hetero) is 1. The Morgan fingerprint density at radius 2 is 1.40 bits per heavy atom. The highest BCUT2D eigenvalue weighted by Crippen LogP contribution is 2.41. The van der Waals surface area contributed by atoms with Gasteiger partial charge in [0.2, 0.25) is 11.8 Å². The molecule has 0 bridgehead atoms. The number of aliphatic carboxylic acids is 1. The van der Waals surface area contributed by atoms with E-state index < -0.39 is 41.3 Å². The second-order valence-electron chi connectivity index (χ2n) is 15.1. The Labute approximate surface area is 398 Å². The summed E-state index contributed by atoms with van der Waals surface area (Å²) in [6, 6.07) is 4.53. The fourth-order valence-electron chi connectivity index (χ4n) is 6.79. The fourth-order valence-corrected chi connectivity index (χ4v) is 7.84. The SMILES string of the molecule is CCOC(=O)CCC(=O)c1cc2c(F)c(OCCCOc3c(OC)cc4c(c3F)CN(C(=O)C[C@H](C(=O)O)C(C)CNC(=O)CCOCCOCCOCCOCCN)C4)c(OC)cc2s1.Cl. The van der Waals surface area contributed by atoms with Gasteiger partial charge in [0, 0.05) is 73.6 Å². The van der Waals surface area contributed by atoms with Gasteiger partial charge in [-0.1, -0.05) is 6.92 Å². The van der Waals surface area contributed by atoms with Gasteiger partial charge in [-0.3, -0.25) is 24.0 Å². The largest absolute Gasteiger partial charge is 0.493 e. The fraction of sp³-hybridized carbons (Fsp3) is 0.578. The number of carbonyl (C=O) groups is 5. The molecule has 1 aliphatic heterocycles. The van der Waals surface area contributed by atoms with E-state index in [-0.39, 0.29) is 148 Å². The molecule has 22 heteroatoms. The van der Waals surface area contributed by atoms with Crippen LogP contribution in [0.4, 0.5) is 8.78 Å². The molecular weight excluding hydrogens is 928 g/mol. The van der Waals surface area contributed by atoms with E-state index in [1.54, 1.807) is 26.0 Å². The molecule has 374 valence electrons. The topological polar surface area (TPSA) is 230 Å². The van der Waals surface area contributed by atoms with Crippen molar-refractivity contribution in [1.29, 1.82) is 0 Å².